The molecule has 16 heavy (non-hydrogen) atoms. The smallest absolute Gasteiger partial charge is 0.331 e. The summed E-state index contributed by atoms with van der Waals surface area (Å²) >= 11 is 1.36. The van der Waals surface area contributed by atoms with Gasteiger partial charge in [-0.3, -0.25) is 4.79 Å². The molecule has 1 aromatic heterocycles. The molecule has 0 spiro atoms. The van der Waals surface area contributed by atoms with Gasteiger partial charge < -0.3 is 5.11 Å². The average molecular weight is 236 g/mol. The van der Waals surface area contributed by atoms with Crippen molar-refractivity contribution in [1.82, 2.24) is 0 Å². The van der Waals surface area contributed by atoms with Crippen molar-refractivity contribution < 1.29 is 14.7 Å². The molecular weight excluding hydrogens is 224 g/mol. The summed E-state index contributed by atoms with van der Waals surface area (Å²) in [5.74, 6) is -1.05. The van der Waals surface area contributed by atoms with Gasteiger partial charge >= 0.3 is 5.97 Å². The molecule has 0 atom stereocenters. The summed E-state index contributed by atoms with van der Waals surface area (Å²) in [6.07, 6.45) is 2.88. The van der Waals surface area contributed by atoms with Crippen molar-refractivity contribution in [2.75, 3.05) is 0 Å². The lowest BCUT2D eigenvalue weighted by atomic mass is 9.89. The molecule has 0 amide bonds. The molecule has 1 aromatic rings. The van der Waals surface area contributed by atoms with Crippen LogP contribution in [0.3, 0.4) is 0 Å². The Morgan fingerprint density at radius 1 is 1.19 bits per heavy atom. The van der Waals surface area contributed by atoms with E-state index in [1.807, 2.05) is 11.4 Å². The van der Waals surface area contributed by atoms with Crippen molar-refractivity contribution in [1.29, 1.82) is 0 Å². The number of hydrogen-bond acceptors (Lipinski definition) is 3. The zero-order chi connectivity index (χ0) is 11.5. The van der Waals surface area contributed by atoms with Crippen molar-refractivity contribution in [3.8, 4) is 0 Å². The van der Waals surface area contributed by atoms with Gasteiger partial charge in [-0.05, 0) is 37.1 Å². The highest BCUT2D eigenvalue weighted by Gasteiger charge is 2.24. The van der Waals surface area contributed by atoms with Gasteiger partial charge in [0.2, 0.25) is 0 Å². The number of hydrogen-bond donors (Lipinski definition) is 1. The molecule has 0 saturated carbocycles. The monoisotopic (exact) mass is 236 g/mol. The molecular formula is C12H12O3S. The second-order valence-electron chi connectivity index (χ2n) is 3.78. The Bertz CT molecular complexity index is 443. The van der Waals surface area contributed by atoms with Crippen LogP contribution in [0.1, 0.15) is 35.4 Å². The van der Waals surface area contributed by atoms with E-state index in [9.17, 15) is 9.59 Å². The average Bonchev–Trinajstić information content (AvgIpc) is 2.81. The summed E-state index contributed by atoms with van der Waals surface area (Å²) in [5.41, 5.74) is 0.811. The Morgan fingerprint density at radius 2 is 1.88 bits per heavy atom. The fraction of sp³-hybridized carbons (Fsp3) is 0.333. The number of carbonyl (C=O) groups excluding carboxylic acids is 1. The molecule has 0 aromatic carbocycles. The third-order valence-electron chi connectivity index (χ3n) is 2.75. The van der Waals surface area contributed by atoms with Gasteiger partial charge in [0.15, 0.2) is 5.78 Å². The van der Waals surface area contributed by atoms with E-state index in [2.05, 4.69) is 0 Å². The Labute approximate surface area is 97.4 Å². The second-order valence-corrected chi connectivity index (χ2v) is 4.72. The summed E-state index contributed by atoms with van der Waals surface area (Å²) in [6, 6.07) is 3.55. The van der Waals surface area contributed by atoms with Crippen LogP contribution in [0, 0.1) is 0 Å². The van der Waals surface area contributed by atoms with Crippen molar-refractivity contribution in [2.45, 2.75) is 25.7 Å². The maximum Gasteiger partial charge on any atom is 0.331 e. The molecule has 0 saturated heterocycles. The van der Waals surface area contributed by atoms with Crippen LogP contribution < -0.4 is 0 Å². The first-order chi connectivity index (χ1) is 7.70. The van der Waals surface area contributed by atoms with Gasteiger partial charge in [0.25, 0.3) is 0 Å². The fourth-order valence-electron chi connectivity index (χ4n) is 1.95. The van der Waals surface area contributed by atoms with Crippen LogP contribution in [0.4, 0.5) is 0 Å². The molecule has 0 unspecified atom stereocenters. The highest BCUT2D eigenvalue weighted by molar-refractivity contribution is 7.12. The van der Waals surface area contributed by atoms with Gasteiger partial charge in [-0.2, -0.15) is 0 Å². The number of Topliss-reactive ketones (excluding diaryl/α,β-unsaturated/α-hetero) is 1. The number of ketones is 1. The fourth-order valence-corrected chi connectivity index (χ4v) is 2.64. The molecule has 4 heteroatoms. The number of carboxylic acid groups (broad SMARTS) is 1. The van der Waals surface area contributed by atoms with E-state index in [4.69, 9.17) is 5.11 Å². The van der Waals surface area contributed by atoms with Gasteiger partial charge in [-0.1, -0.05) is 6.07 Å². The van der Waals surface area contributed by atoms with Crippen molar-refractivity contribution in [3.05, 3.63) is 33.5 Å². The largest absolute Gasteiger partial charge is 0.478 e. The van der Waals surface area contributed by atoms with Crippen LogP contribution >= 0.6 is 11.3 Å². The predicted octanol–water partition coefficient (Wildman–Crippen LogP) is 2.89. The maximum absolute atomic E-state index is 12.1. The van der Waals surface area contributed by atoms with Crippen molar-refractivity contribution >= 4 is 23.1 Å². The van der Waals surface area contributed by atoms with Crippen LogP contribution in [-0.2, 0) is 4.79 Å². The standard InChI is InChI=1S/C12H12O3S/c13-11(10-6-3-7-16-10)8-4-1-2-5-9(8)12(14)15/h3,6-7H,1-2,4-5H2,(H,14,15). The molecule has 0 radical (unpaired) electrons. The number of carbonyl (C=O) groups is 2. The summed E-state index contributed by atoms with van der Waals surface area (Å²) in [6.45, 7) is 0. The van der Waals surface area contributed by atoms with E-state index in [1.54, 1.807) is 6.07 Å². The van der Waals surface area contributed by atoms with E-state index in [1.165, 1.54) is 11.3 Å². The minimum atomic E-state index is -0.945. The second kappa shape index (κ2) is 4.61. The van der Waals surface area contributed by atoms with Crippen LogP contribution in [0.15, 0.2) is 28.7 Å². The first-order valence-corrected chi connectivity index (χ1v) is 6.11. The molecule has 1 N–H and O–H groups in total. The van der Waals surface area contributed by atoms with Crippen LogP contribution in [0.25, 0.3) is 0 Å². The molecule has 2 rings (SSSR count). The SMILES string of the molecule is O=C(O)C1=C(C(=O)c2cccs2)CCCC1. The van der Waals surface area contributed by atoms with E-state index in [0.29, 0.717) is 28.9 Å². The number of thiophene rings is 1. The molecule has 0 bridgehead atoms. The molecule has 1 aliphatic carbocycles. The molecule has 1 heterocycles. The normalized spacial score (nSPS) is 16.2. The maximum atomic E-state index is 12.1. The van der Waals surface area contributed by atoms with Crippen molar-refractivity contribution in [3.63, 3.8) is 0 Å². The third-order valence-corrected chi connectivity index (χ3v) is 3.61. The Hall–Kier alpha value is -1.42. The Morgan fingerprint density at radius 3 is 2.44 bits per heavy atom. The van der Waals surface area contributed by atoms with E-state index in [-0.39, 0.29) is 5.78 Å². The van der Waals surface area contributed by atoms with Crippen LogP contribution in [0.2, 0.25) is 0 Å². The minimum absolute atomic E-state index is 0.105. The lowest BCUT2D eigenvalue weighted by Crippen LogP contribution is -2.15. The first kappa shape index (κ1) is 11.1. The zero-order valence-corrected chi connectivity index (χ0v) is 9.55. The van der Waals surface area contributed by atoms with Gasteiger partial charge in [0, 0.05) is 11.1 Å². The lowest BCUT2D eigenvalue weighted by molar-refractivity contribution is -0.133. The lowest BCUT2D eigenvalue weighted by Gasteiger charge is -2.15. The first-order valence-electron chi connectivity index (χ1n) is 5.23. The Balaban J connectivity index is 2.37. The van der Waals surface area contributed by atoms with Crippen molar-refractivity contribution in [2.24, 2.45) is 0 Å². The Kier molecular flexibility index (Phi) is 3.19. The number of aliphatic carboxylic acids is 1. The van der Waals surface area contributed by atoms with Gasteiger partial charge in [0.1, 0.15) is 0 Å². The molecule has 3 nitrogen and oxygen atoms in total. The van der Waals surface area contributed by atoms with Gasteiger partial charge in [0.05, 0.1) is 4.88 Å². The van der Waals surface area contributed by atoms with Crippen LogP contribution in [-0.4, -0.2) is 16.9 Å². The summed E-state index contributed by atoms with van der Waals surface area (Å²) in [7, 11) is 0. The minimum Gasteiger partial charge on any atom is -0.478 e. The quantitative estimate of drug-likeness (QED) is 0.821. The highest BCUT2D eigenvalue weighted by Crippen LogP contribution is 2.28. The van der Waals surface area contributed by atoms with E-state index in [0.717, 1.165) is 12.8 Å². The summed E-state index contributed by atoms with van der Waals surface area (Å²) in [5, 5.41) is 10.9. The number of carboxylic acids is 1. The predicted molar refractivity (Wildman–Crippen MR) is 61.8 cm³/mol. The zero-order valence-electron chi connectivity index (χ0n) is 8.73. The van der Waals surface area contributed by atoms with Crippen LogP contribution in [0.5, 0.6) is 0 Å². The topological polar surface area (TPSA) is 54.4 Å². The molecule has 84 valence electrons. The number of rotatable bonds is 3. The number of allylic oxidation sites excluding steroid dienone is 1. The molecule has 0 fully saturated rings. The third kappa shape index (κ3) is 2.07. The van der Waals surface area contributed by atoms with Gasteiger partial charge in [-0.25, -0.2) is 4.79 Å². The van der Waals surface area contributed by atoms with E-state index < -0.39 is 5.97 Å². The highest BCUT2D eigenvalue weighted by atomic mass is 32.1. The van der Waals surface area contributed by atoms with Gasteiger partial charge in [-0.15, -0.1) is 11.3 Å². The summed E-state index contributed by atoms with van der Waals surface area (Å²) < 4.78 is 0. The molecule has 1 aliphatic rings. The molecule has 0 aliphatic heterocycles. The van der Waals surface area contributed by atoms with E-state index >= 15 is 0 Å². The summed E-state index contributed by atoms with van der Waals surface area (Å²) in [4.78, 5) is 23.7.